The first kappa shape index (κ1) is 10.9. The van der Waals surface area contributed by atoms with E-state index in [1.807, 2.05) is 0 Å². The van der Waals surface area contributed by atoms with Crippen LogP contribution < -0.4 is 10.6 Å². The van der Waals surface area contributed by atoms with Gasteiger partial charge in [0, 0.05) is 25.0 Å². The van der Waals surface area contributed by atoms with Crippen molar-refractivity contribution in [1.82, 2.24) is 10.6 Å². The molecule has 2 N–H and O–H groups in total. The van der Waals surface area contributed by atoms with E-state index in [0.717, 1.165) is 31.8 Å². The van der Waals surface area contributed by atoms with Gasteiger partial charge in [-0.1, -0.05) is 6.92 Å². The molecule has 2 saturated carbocycles. The number of hydrogen-bond acceptors (Lipinski definition) is 2. The summed E-state index contributed by atoms with van der Waals surface area (Å²) in [5, 5.41) is 6.49. The van der Waals surface area contributed by atoms with Gasteiger partial charge in [0.2, 0.25) is 5.91 Å². The minimum atomic E-state index is 0.261. The van der Waals surface area contributed by atoms with Crippen molar-refractivity contribution < 1.29 is 4.79 Å². The Kier molecular flexibility index (Phi) is 3.62. The van der Waals surface area contributed by atoms with Crippen LogP contribution in [0.5, 0.6) is 0 Å². The quantitative estimate of drug-likeness (QED) is 0.671. The van der Waals surface area contributed by atoms with Crippen molar-refractivity contribution in [1.29, 1.82) is 0 Å². The fraction of sp³-hybridized carbons (Fsp3) is 0.917. The maximum atomic E-state index is 11.3. The van der Waals surface area contributed by atoms with Crippen LogP contribution in [0.3, 0.4) is 0 Å². The van der Waals surface area contributed by atoms with Crippen molar-refractivity contribution in [2.24, 2.45) is 11.8 Å². The summed E-state index contributed by atoms with van der Waals surface area (Å²) in [5.74, 6) is 1.48. The molecule has 1 amide bonds. The van der Waals surface area contributed by atoms with Crippen molar-refractivity contribution in [3.8, 4) is 0 Å². The van der Waals surface area contributed by atoms with Crippen LogP contribution in [0.1, 0.15) is 39.0 Å². The first-order chi connectivity index (χ1) is 7.25. The van der Waals surface area contributed by atoms with Gasteiger partial charge in [-0.25, -0.2) is 0 Å². The molecule has 0 aromatic heterocycles. The van der Waals surface area contributed by atoms with Crippen molar-refractivity contribution >= 4 is 5.91 Å². The van der Waals surface area contributed by atoms with Crippen LogP contribution in [-0.2, 0) is 4.79 Å². The van der Waals surface area contributed by atoms with Gasteiger partial charge in [0.25, 0.3) is 0 Å². The van der Waals surface area contributed by atoms with Gasteiger partial charge in [0.15, 0.2) is 0 Å². The van der Waals surface area contributed by atoms with Gasteiger partial charge in [-0.2, -0.15) is 0 Å². The van der Waals surface area contributed by atoms with Crippen molar-refractivity contribution in [3.63, 3.8) is 0 Å². The fourth-order valence-electron chi connectivity index (χ4n) is 2.34. The molecule has 0 unspecified atom stereocenters. The minimum absolute atomic E-state index is 0.261. The summed E-state index contributed by atoms with van der Waals surface area (Å²) in [6.07, 6.45) is 6.15. The largest absolute Gasteiger partial charge is 0.355 e. The zero-order chi connectivity index (χ0) is 10.7. The minimum Gasteiger partial charge on any atom is -0.355 e. The zero-order valence-corrected chi connectivity index (χ0v) is 9.59. The Labute approximate surface area is 92.0 Å². The Morgan fingerprint density at radius 2 is 2.00 bits per heavy atom. The second-order valence-corrected chi connectivity index (χ2v) is 5.13. The molecule has 3 nitrogen and oxygen atoms in total. The molecule has 2 atom stereocenters. The van der Waals surface area contributed by atoms with E-state index < -0.39 is 0 Å². The number of carbonyl (C=O) groups excluding carboxylic acids is 1. The van der Waals surface area contributed by atoms with Gasteiger partial charge in [0.1, 0.15) is 0 Å². The zero-order valence-electron chi connectivity index (χ0n) is 9.59. The molecule has 0 saturated heterocycles. The van der Waals surface area contributed by atoms with Gasteiger partial charge in [0.05, 0.1) is 0 Å². The molecule has 0 spiro atoms. The van der Waals surface area contributed by atoms with E-state index in [1.165, 1.54) is 19.3 Å². The smallest absolute Gasteiger partial charge is 0.223 e. The van der Waals surface area contributed by atoms with Crippen molar-refractivity contribution in [2.75, 3.05) is 13.1 Å². The molecule has 15 heavy (non-hydrogen) atoms. The summed E-state index contributed by atoms with van der Waals surface area (Å²) in [5.41, 5.74) is 0. The molecule has 0 aliphatic heterocycles. The Bertz CT molecular complexity index is 226. The Balaban J connectivity index is 1.49. The fourth-order valence-corrected chi connectivity index (χ4v) is 2.34. The molecule has 86 valence electrons. The molecular formula is C12H22N2O. The number of rotatable bonds is 5. The van der Waals surface area contributed by atoms with E-state index in [1.54, 1.807) is 0 Å². The van der Waals surface area contributed by atoms with E-state index in [2.05, 4.69) is 17.6 Å². The molecule has 2 aliphatic carbocycles. The normalized spacial score (nSPS) is 30.5. The molecule has 0 aromatic rings. The Morgan fingerprint density at radius 1 is 1.20 bits per heavy atom. The summed E-state index contributed by atoms with van der Waals surface area (Å²) >= 11 is 0. The number of nitrogens with one attached hydrogen (secondary N) is 2. The van der Waals surface area contributed by atoms with Gasteiger partial charge < -0.3 is 10.6 Å². The van der Waals surface area contributed by atoms with Gasteiger partial charge >= 0.3 is 0 Å². The molecule has 0 bridgehead atoms. The van der Waals surface area contributed by atoms with Crippen LogP contribution in [0, 0.1) is 11.8 Å². The lowest BCUT2D eigenvalue weighted by Gasteiger charge is -2.12. The lowest BCUT2D eigenvalue weighted by Crippen LogP contribution is -2.36. The van der Waals surface area contributed by atoms with Crippen LogP contribution in [0.25, 0.3) is 0 Å². The SMILES string of the molecule is C[C@H]1CC[C@H](NCCNC(=O)C2CC2)C1. The van der Waals surface area contributed by atoms with E-state index in [0.29, 0.717) is 12.0 Å². The van der Waals surface area contributed by atoms with E-state index in [-0.39, 0.29) is 5.91 Å². The monoisotopic (exact) mass is 210 g/mol. The van der Waals surface area contributed by atoms with E-state index >= 15 is 0 Å². The molecule has 0 heterocycles. The number of hydrogen-bond donors (Lipinski definition) is 2. The van der Waals surface area contributed by atoms with Gasteiger partial charge in [-0.3, -0.25) is 4.79 Å². The Hall–Kier alpha value is -0.570. The molecule has 0 aromatic carbocycles. The summed E-state index contributed by atoms with van der Waals surface area (Å²) in [7, 11) is 0. The standard InChI is InChI=1S/C12H22N2O/c1-9-2-5-11(8-9)13-6-7-14-12(15)10-3-4-10/h9-11,13H,2-8H2,1H3,(H,14,15)/t9-,11-/m0/s1. The first-order valence-electron chi connectivity index (χ1n) is 6.27. The highest BCUT2D eigenvalue weighted by molar-refractivity contribution is 5.80. The maximum Gasteiger partial charge on any atom is 0.223 e. The first-order valence-corrected chi connectivity index (χ1v) is 6.27. The van der Waals surface area contributed by atoms with Crippen LogP contribution in [0.15, 0.2) is 0 Å². The summed E-state index contributed by atoms with van der Waals surface area (Å²) in [6, 6.07) is 0.692. The molecular weight excluding hydrogens is 188 g/mol. The summed E-state index contributed by atoms with van der Waals surface area (Å²) in [6.45, 7) is 4.03. The van der Waals surface area contributed by atoms with Crippen molar-refractivity contribution in [2.45, 2.75) is 45.1 Å². The van der Waals surface area contributed by atoms with Crippen LogP contribution in [0.4, 0.5) is 0 Å². The van der Waals surface area contributed by atoms with E-state index in [9.17, 15) is 4.79 Å². The molecule has 2 aliphatic rings. The highest BCUT2D eigenvalue weighted by Gasteiger charge is 2.29. The average molecular weight is 210 g/mol. The van der Waals surface area contributed by atoms with Gasteiger partial charge in [-0.15, -0.1) is 0 Å². The predicted octanol–water partition coefficient (Wildman–Crippen LogP) is 1.29. The maximum absolute atomic E-state index is 11.3. The topological polar surface area (TPSA) is 41.1 Å². The molecule has 2 fully saturated rings. The van der Waals surface area contributed by atoms with E-state index in [4.69, 9.17) is 0 Å². The lowest BCUT2D eigenvalue weighted by atomic mass is 10.1. The van der Waals surface area contributed by atoms with Crippen LogP contribution in [-0.4, -0.2) is 25.0 Å². The highest BCUT2D eigenvalue weighted by atomic mass is 16.2. The highest BCUT2D eigenvalue weighted by Crippen LogP contribution is 2.28. The van der Waals surface area contributed by atoms with Crippen molar-refractivity contribution in [3.05, 3.63) is 0 Å². The molecule has 3 heteroatoms. The number of carbonyl (C=O) groups is 1. The molecule has 2 rings (SSSR count). The van der Waals surface area contributed by atoms with Crippen LogP contribution in [0.2, 0.25) is 0 Å². The average Bonchev–Trinajstić information content (AvgIpc) is 2.98. The third-order valence-electron chi connectivity index (χ3n) is 3.50. The third-order valence-corrected chi connectivity index (χ3v) is 3.50. The second-order valence-electron chi connectivity index (χ2n) is 5.13. The predicted molar refractivity (Wildman–Crippen MR) is 60.5 cm³/mol. The lowest BCUT2D eigenvalue weighted by molar-refractivity contribution is -0.122. The van der Waals surface area contributed by atoms with Crippen LogP contribution >= 0.6 is 0 Å². The Morgan fingerprint density at radius 3 is 2.60 bits per heavy atom. The second kappa shape index (κ2) is 4.97. The number of amides is 1. The molecule has 0 radical (unpaired) electrons. The van der Waals surface area contributed by atoms with Gasteiger partial charge in [-0.05, 0) is 38.0 Å². The summed E-state index contributed by atoms with van der Waals surface area (Å²) in [4.78, 5) is 11.3. The summed E-state index contributed by atoms with van der Waals surface area (Å²) < 4.78 is 0. The third kappa shape index (κ3) is 3.49.